The fourth-order valence-electron chi connectivity index (χ4n) is 7.99. The first-order valence-corrected chi connectivity index (χ1v) is 16.5. The number of carbonyl (C=O) groups excluding carboxylic acids is 3. The van der Waals surface area contributed by atoms with Crippen LogP contribution in [0.5, 0.6) is 0 Å². The van der Waals surface area contributed by atoms with E-state index in [1.807, 2.05) is 37.3 Å². The molecule has 0 aromatic heterocycles. The van der Waals surface area contributed by atoms with Crippen molar-refractivity contribution in [2.24, 2.45) is 11.8 Å². The third kappa shape index (κ3) is 6.61. The maximum atomic E-state index is 14.6. The molecule has 45 heavy (non-hydrogen) atoms. The number of rotatable bonds is 16. The van der Waals surface area contributed by atoms with E-state index in [9.17, 15) is 19.5 Å². The van der Waals surface area contributed by atoms with Gasteiger partial charge in [0.15, 0.2) is 0 Å². The maximum Gasteiger partial charge on any atom is 0.248 e. The van der Waals surface area contributed by atoms with Crippen LogP contribution in [0.1, 0.15) is 44.6 Å². The van der Waals surface area contributed by atoms with Gasteiger partial charge in [0.2, 0.25) is 17.7 Å². The standard InChI is InChI=1S/C35H50N4O6/c1-4-16-37(20-19-36-21-24-44-25-22-36)33(43)30-35-15-14-34(3,45-35)28(29(35)32(42)39(30)18-10-7-11-23-40)31(41)38(17-5-2)26-27-12-8-6-9-13-27/h4-6,8-9,12-13,28-30,40H,1-2,7,10-11,14-26H2,3H3/t28-,29-,30?,34+,35?/m0/s1. The van der Waals surface area contributed by atoms with E-state index in [0.717, 1.165) is 25.1 Å². The summed E-state index contributed by atoms with van der Waals surface area (Å²) < 4.78 is 12.4. The molecular weight excluding hydrogens is 572 g/mol. The van der Waals surface area contributed by atoms with Gasteiger partial charge in [-0.05, 0) is 44.6 Å². The number of amides is 3. The van der Waals surface area contributed by atoms with Gasteiger partial charge in [0.1, 0.15) is 11.6 Å². The number of likely N-dealkylation sites (tertiary alicyclic amines) is 1. The molecule has 3 amide bonds. The Kier molecular flexibility index (Phi) is 10.8. The summed E-state index contributed by atoms with van der Waals surface area (Å²) in [5, 5.41) is 9.36. The van der Waals surface area contributed by atoms with Gasteiger partial charge < -0.3 is 29.3 Å². The molecule has 1 aromatic carbocycles. The van der Waals surface area contributed by atoms with Crippen LogP contribution in [0, 0.1) is 11.8 Å². The number of aliphatic hydroxyl groups is 1. The van der Waals surface area contributed by atoms with Gasteiger partial charge in [-0.15, -0.1) is 13.2 Å². The molecule has 4 saturated heterocycles. The van der Waals surface area contributed by atoms with Gasteiger partial charge in [-0.25, -0.2) is 0 Å². The Morgan fingerprint density at radius 2 is 1.71 bits per heavy atom. The van der Waals surface area contributed by atoms with Gasteiger partial charge in [-0.1, -0.05) is 42.5 Å². The summed E-state index contributed by atoms with van der Waals surface area (Å²) in [5.74, 6) is -1.91. The molecule has 2 unspecified atom stereocenters. The van der Waals surface area contributed by atoms with Crippen LogP contribution in [0.3, 0.4) is 0 Å². The average molecular weight is 623 g/mol. The lowest BCUT2D eigenvalue weighted by molar-refractivity contribution is -0.153. The molecule has 0 saturated carbocycles. The summed E-state index contributed by atoms with van der Waals surface area (Å²) in [5.41, 5.74) is -0.939. The van der Waals surface area contributed by atoms with Gasteiger partial charge in [-0.2, -0.15) is 0 Å². The Morgan fingerprint density at radius 1 is 1.00 bits per heavy atom. The summed E-state index contributed by atoms with van der Waals surface area (Å²) in [6.07, 6.45) is 6.59. The Morgan fingerprint density at radius 3 is 2.40 bits per heavy atom. The molecule has 1 aromatic rings. The van der Waals surface area contributed by atoms with E-state index in [0.29, 0.717) is 78.2 Å². The van der Waals surface area contributed by atoms with Crippen molar-refractivity contribution in [1.82, 2.24) is 19.6 Å². The van der Waals surface area contributed by atoms with Crippen LogP contribution in [-0.2, 0) is 30.4 Å². The topological polar surface area (TPSA) is 103 Å². The number of hydrogen-bond donors (Lipinski definition) is 1. The zero-order valence-corrected chi connectivity index (χ0v) is 26.8. The predicted molar refractivity (Wildman–Crippen MR) is 171 cm³/mol. The zero-order valence-electron chi connectivity index (χ0n) is 26.8. The largest absolute Gasteiger partial charge is 0.396 e. The molecule has 2 bridgehead atoms. The van der Waals surface area contributed by atoms with Crippen molar-refractivity contribution in [1.29, 1.82) is 0 Å². The second kappa shape index (κ2) is 14.6. The van der Waals surface area contributed by atoms with Crippen LogP contribution in [0.15, 0.2) is 55.6 Å². The van der Waals surface area contributed by atoms with Gasteiger partial charge in [0.05, 0.1) is 30.7 Å². The minimum absolute atomic E-state index is 0.0795. The number of morpholine rings is 1. The summed E-state index contributed by atoms with van der Waals surface area (Å²) in [6.45, 7) is 15.5. The molecule has 4 fully saturated rings. The number of ether oxygens (including phenoxy) is 2. The van der Waals surface area contributed by atoms with Crippen molar-refractivity contribution in [3.05, 3.63) is 61.2 Å². The summed E-state index contributed by atoms with van der Waals surface area (Å²) >= 11 is 0. The number of nitrogens with zero attached hydrogens (tertiary/aromatic N) is 4. The normalized spacial score (nSPS) is 29.1. The maximum absolute atomic E-state index is 14.6. The van der Waals surface area contributed by atoms with E-state index in [4.69, 9.17) is 9.47 Å². The third-order valence-corrected chi connectivity index (χ3v) is 10.2. The highest BCUT2D eigenvalue weighted by atomic mass is 16.5. The summed E-state index contributed by atoms with van der Waals surface area (Å²) in [6, 6.07) is 8.98. The zero-order chi connectivity index (χ0) is 32.0. The van der Waals surface area contributed by atoms with Crippen LogP contribution in [-0.4, -0.2) is 125 Å². The lowest BCUT2D eigenvalue weighted by Crippen LogP contribution is -2.57. The highest BCUT2D eigenvalue weighted by molar-refractivity contribution is 5.99. The number of benzene rings is 1. The lowest BCUT2D eigenvalue weighted by Gasteiger charge is -2.37. The monoisotopic (exact) mass is 622 g/mol. The minimum Gasteiger partial charge on any atom is -0.396 e. The number of fused-ring (bicyclic) bond motifs is 1. The van der Waals surface area contributed by atoms with Gasteiger partial charge in [0.25, 0.3) is 0 Å². The predicted octanol–water partition coefficient (Wildman–Crippen LogP) is 2.48. The van der Waals surface area contributed by atoms with Crippen molar-refractivity contribution in [2.75, 3.05) is 65.6 Å². The average Bonchev–Trinajstić information content (AvgIpc) is 3.62. The fraction of sp³-hybridized carbons (Fsp3) is 0.629. The van der Waals surface area contributed by atoms with E-state index in [2.05, 4.69) is 18.1 Å². The number of unbranched alkanes of at least 4 members (excludes halogenated alkanes) is 2. The lowest BCUT2D eigenvalue weighted by atomic mass is 9.66. The smallest absolute Gasteiger partial charge is 0.248 e. The molecule has 4 aliphatic heterocycles. The van der Waals surface area contributed by atoms with Gasteiger partial charge in [-0.3, -0.25) is 19.3 Å². The third-order valence-electron chi connectivity index (χ3n) is 10.2. The highest BCUT2D eigenvalue weighted by Crippen LogP contribution is 2.63. The molecule has 0 aliphatic carbocycles. The molecule has 1 spiro atoms. The van der Waals surface area contributed by atoms with Crippen molar-refractivity contribution < 1.29 is 29.0 Å². The number of hydrogen-bond acceptors (Lipinski definition) is 7. The van der Waals surface area contributed by atoms with Crippen molar-refractivity contribution >= 4 is 17.7 Å². The molecule has 1 N–H and O–H groups in total. The van der Waals surface area contributed by atoms with Crippen LogP contribution >= 0.6 is 0 Å². The SMILES string of the molecule is C=CCN(CCN1CCOCC1)C(=O)C1N(CCCCCO)C(=O)[C@@H]2[C@@H](C(=O)N(CC=C)Cc3ccccc3)[C@@]3(C)CCC12O3. The van der Waals surface area contributed by atoms with E-state index < -0.39 is 29.1 Å². The van der Waals surface area contributed by atoms with Gasteiger partial charge >= 0.3 is 0 Å². The Labute approximate surface area is 267 Å². The Hall–Kier alpha value is -3.05. The van der Waals surface area contributed by atoms with E-state index in [1.54, 1.807) is 26.9 Å². The molecule has 10 nitrogen and oxygen atoms in total. The first kappa shape index (κ1) is 33.3. The molecule has 0 radical (unpaired) electrons. The Balaban J connectivity index is 1.45. The van der Waals surface area contributed by atoms with Crippen LogP contribution < -0.4 is 0 Å². The van der Waals surface area contributed by atoms with Crippen LogP contribution in [0.25, 0.3) is 0 Å². The molecular formula is C35H50N4O6. The quantitative estimate of drug-likeness (QED) is 0.223. The molecule has 4 aliphatic rings. The van der Waals surface area contributed by atoms with Crippen molar-refractivity contribution in [3.8, 4) is 0 Å². The molecule has 246 valence electrons. The van der Waals surface area contributed by atoms with Gasteiger partial charge in [0, 0.05) is 59.0 Å². The number of aliphatic hydroxyl groups excluding tert-OH is 1. The molecule has 4 heterocycles. The Bertz CT molecular complexity index is 1220. The van der Waals surface area contributed by atoms with Crippen LogP contribution in [0.2, 0.25) is 0 Å². The van der Waals surface area contributed by atoms with E-state index in [1.165, 1.54) is 0 Å². The minimum atomic E-state index is -1.08. The van der Waals surface area contributed by atoms with E-state index in [-0.39, 0.29) is 24.3 Å². The summed E-state index contributed by atoms with van der Waals surface area (Å²) in [7, 11) is 0. The number of carbonyl (C=O) groups is 3. The fourth-order valence-corrected chi connectivity index (χ4v) is 7.99. The molecule has 5 rings (SSSR count). The second-order valence-electron chi connectivity index (χ2n) is 13.1. The van der Waals surface area contributed by atoms with E-state index >= 15 is 0 Å². The highest BCUT2D eigenvalue weighted by Gasteiger charge is 2.78. The van der Waals surface area contributed by atoms with Crippen molar-refractivity contribution in [2.45, 2.75) is 62.8 Å². The first-order valence-electron chi connectivity index (χ1n) is 16.5. The van der Waals surface area contributed by atoms with Crippen LogP contribution in [0.4, 0.5) is 0 Å². The first-order chi connectivity index (χ1) is 21.8. The molecule has 5 atom stereocenters. The second-order valence-corrected chi connectivity index (χ2v) is 13.1. The molecule has 10 heteroatoms. The summed E-state index contributed by atoms with van der Waals surface area (Å²) in [4.78, 5) is 51.2. The van der Waals surface area contributed by atoms with Crippen molar-refractivity contribution in [3.63, 3.8) is 0 Å².